The minimum atomic E-state index is -0.338. The van der Waals surface area contributed by atoms with Gasteiger partial charge in [0.25, 0.3) is 0 Å². The zero-order valence-electron chi connectivity index (χ0n) is 19.9. The molecule has 0 saturated heterocycles. The SMILES string of the molecule is CCOCCCNC(=NCc1nnc(C)n1C)NC(C)c1ccc(OCC2CC2)c(F)c1.I. The summed E-state index contributed by atoms with van der Waals surface area (Å²) in [5, 5.41) is 14.9. The van der Waals surface area contributed by atoms with Gasteiger partial charge in [-0.15, -0.1) is 34.2 Å². The van der Waals surface area contributed by atoms with Crippen molar-refractivity contribution in [2.45, 2.75) is 52.6 Å². The maximum atomic E-state index is 14.5. The van der Waals surface area contributed by atoms with Gasteiger partial charge in [0.1, 0.15) is 12.4 Å². The van der Waals surface area contributed by atoms with Crippen molar-refractivity contribution in [3.8, 4) is 5.75 Å². The minimum Gasteiger partial charge on any atom is -0.490 e. The van der Waals surface area contributed by atoms with E-state index in [4.69, 9.17) is 9.47 Å². The van der Waals surface area contributed by atoms with Crippen LogP contribution in [-0.2, 0) is 18.3 Å². The number of rotatable bonds is 12. The first-order chi connectivity index (χ1) is 15.5. The largest absolute Gasteiger partial charge is 0.490 e. The van der Waals surface area contributed by atoms with Crippen molar-refractivity contribution in [1.82, 2.24) is 25.4 Å². The van der Waals surface area contributed by atoms with Gasteiger partial charge in [-0.05, 0) is 63.6 Å². The van der Waals surface area contributed by atoms with Crippen molar-refractivity contribution in [1.29, 1.82) is 0 Å². The minimum absolute atomic E-state index is 0. The lowest BCUT2D eigenvalue weighted by Gasteiger charge is -2.19. The Morgan fingerprint density at radius 2 is 2.12 bits per heavy atom. The average molecular weight is 574 g/mol. The van der Waals surface area contributed by atoms with Gasteiger partial charge in [-0.1, -0.05) is 6.07 Å². The van der Waals surface area contributed by atoms with Gasteiger partial charge in [0.15, 0.2) is 23.4 Å². The number of guanidine groups is 1. The molecule has 1 fully saturated rings. The lowest BCUT2D eigenvalue weighted by molar-refractivity contribution is 0.145. The standard InChI is InChI=1S/C23H35FN6O2.HI/c1-5-31-12-6-11-25-23(26-14-22-29-28-17(3)30(22)4)27-16(2)19-9-10-21(20(24)13-19)32-15-18-7-8-18;/h9-10,13,16,18H,5-8,11-12,14-15H2,1-4H3,(H2,25,26,27);1H. The first-order valence-corrected chi connectivity index (χ1v) is 11.4. The molecule has 8 nitrogen and oxygen atoms in total. The first kappa shape index (κ1) is 27.3. The van der Waals surface area contributed by atoms with Gasteiger partial charge in [-0.25, -0.2) is 9.38 Å². The van der Waals surface area contributed by atoms with E-state index in [0.717, 1.165) is 23.6 Å². The third-order valence-corrected chi connectivity index (χ3v) is 5.50. The Kier molecular flexibility index (Phi) is 11.3. The van der Waals surface area contributed by atoms with E-state index in [9.17, 15) is 4.39 Å². The first-order valence-electron chi connectivity index (χ1n) is 11.4. The van der Waals surface area contributed by atoms with E-state index in [1.807, 2.05) is 38.5 Å². The van der Waals surface area contributed by atoms with Crippen LogP contribution in [0.25, 0.3) is 0 Å². The zero-order chi connectivity index (χ0) is 22.9. The third-order valence-electron chi connectivity index (χ3n) is 5.50. The van der Waals surface area contributed by atoms with Crippen molar-refractivity contribution in [3.05, 3.63) is 41.2 Å². The average Bonchev–Trinajstić information content (AvgIpc) is 3.56. The van der Waals surface area contributed by atoms with E-state index in [1.165, 1.54) is 18.9 Å². The third kappa shape index (κ3) is 8.73. The Labute approximate surface area is 212 Å². The number of benzene rings is 1. The molecule has 0 radical (unpaired) electrons. The molecule has 33 heavy (non-hydrogen) atoms. The maximum Gasteiger partial charge on any atom is 0.192 e. The van der Waals surface area contributed by atoms with Crippen LogP contribution in [0.2, 0.25) is 0 Å². The summed E-state index contributed by atoms with van der Waals surface area (Å²) in [5.74, 6) is 2.79. The van der Waals surface area contributed by atoms with Crippen LogP contribution >= 0.6 is 24.0 Å². The lowest BCUT2D eigenvalue weighted by atomic mass is 10.1. The van der Waals surface area contributed by atoms with Crippen molar-refractivity contribution < 1.29 is 13.9 Å². The molecule has 10 heteroatoms. The number of aryl methyl sites for hydroxylation is 1. The number of hydrogen-bond donors (Lipinski definition) is 2. The Morgan fingerprint density at radius 3 is 2.76 bits per heavy atom. The smallest absolute Gasteiger partial charge is 0.192 e. The zero-order valence-corrected chi connectivity index (χ0v) is 22.3. The number of halogens is 2. The van der Waals surface area contributed by atoms with Crippen molar-refractivity contribution in [3.63, 3.8) is 0 Å². The normalized spacial score (nSPS) is 14.5. The molecule has 1 heterocycles. The van der Waals surface area contributed by atoms with Crippen LogP contribution in [0.5, 0.6) is 5.75 Å². The predicted octanol–water partition coefficient (Wildman–Crippen LogP) is 3.89. The van der Waals surface area contributed by atoms with Crippen LogP contribution in [0.1, 0.15) is 56.4 Å². The fourth-order valence-electron chi connectivity index (χ4n) is 3.10. The summed E-state index contributed by atoms with van der Waals surface area (Å²) in [6.07, 6.45) is 3.20. The van der Waals surface area contributed by atoms with Gasteiger partial charge in [0, 0.05) is 26.8 Å². The van der Waals surface area contributed by atoms with Gasteiger partial charge in [-0.3, -0.25) is 0 Å². The van der Waals surface area contributed by atoms with Gasteiger partial charge >= 0.3 is 0 Å². The van der Waals surface area contributed by atoms with E-state index in [-0.39, 0.29) is 35.8 Å². The van der Waals surface area contributed by atoms with Crippen molar-refractivity contribution in [2.24, 2.45) is 18.0 Å². The second kappa shape index (κ2) is 13.7. The summed E-state index contributed by atoms with van der Waals surface area (Å²) in [4.78, 5) is 4.66. The topological polar surface area (TPSA) is 85.6 Å². The lowest BCUT2D eigenvalue weighted by Crippen LogP contribution is -2.39. The molecule has 0 bridgehead atoms. The van der Waals surface area contributed by atoms with E-state index in [2.05, 4.69) is 25.8 Å². The van der Waals surface area contributed by atoms with E-state index in [1.54, 1.807) is 6.07 Å². The molecule has 1 aromatic carbocycles. The van der Waals surface area contributed by atoms with Gasteiger partial charge in [-0.2, -0.15) is 0 Å². The molecular weight excluding hydrogens is 538 g/mol. The summed E-state index contributed by atoms with van der Waals surface area (Å²) >= 11 is 0. The van der Waals surface area contributed by atoms with E-state index < -0.39 is 0 Å². The van der Waals surface area contributed by atoms with Crippen molar-refractivity contribution >= 4 is 29.9 Å². The molecule has 1 unspecified atom stereocenters. The predicted molar refractivity (Wildman–Crippen MR) is 138 cm³/mol. The van der Waals surface area contributed by atoms with E-state index >= 15 is 0 Å². The quantitative estimate of drug-likeness (QED) is 0.173. The molecule has 1 aromatic heterocycles. The number of ether oxygens (including phenoxy) is 2. The van der Waals surface area contributed by atoms with E-state index in [0.29, 0.717) is 50.5 Å². The Hall–Kier alpha value is -1.95. The monoisotopic (exact) mass is 574 g/mol. The maximum absolute atomic E-state index is 14.5. The van der Waals surface area contributed by atoms with Crippen LogP contribution in [-0.4, -0.2) is 47.1 Å². The molecule has 2 N–H and O–H groups in total. The molecule has 0 spiro atoms. The molecular formula is C23H36FIN6O2. The summed E-state index contributed by atoms with van der Waals surface area (Å²) in [5.41, 5.74) is 0.819. The van der Waals surface area contributed by atoms with Crippen LogP contribution in [0.15, 0.2) is 23.2 Å². The summed E-state index contributed by atoms with van der Waals surface area (Å²) in [6.45, 7) is 8.92. The van der Waals surface area contributed by atoms with Gasteiger partial charge in [0.2, 0.25) is 0 Å². The molecule has 0 aliphatic heterocycles. The second-order valence-corrected chi connectivity index (χ2v) is 8.17. The summed E-state index contributed by atoms with van der Waals surface area (Å²) in [7, 11) is 1.92. The molecule has 3 rings (SSSR count). The number of aliphatic imine (C=N–C) groups is 1. The summed E-state index contributed by atoms with van der Waals surface area (Å²) in [6, 6.07) is 4.97. The van der Waals surface area contributed by atoms with Crippen LogP contribution < -0.4 is 15.4 Å². The number of aromatic nitrogens is 3. The highest BCUT2D eigenvalue weighted by Crippen LogP contribution is 2.30. The second-order valence-electron chi connectivity index (χ2n) is 8.17. The molecule has 184 valence electrons. The number of nitrogens with one attached hydrogen (secondary N) is 2. The molecule has 1 aliphatic rings. The molecule has 1 aliphatic carbocycles. The molecule has 1 saturated carbocycles. The van der Waals surface area contributed by atoms with Crippen LogP contribution in [0.3, 0.4) is 0 Å². The van der Waals surface area contributed by atoms with Gasteiger partial charge in [0.05, 0.1) is 12.6 Å². The molecule has 1 atom stereocenters. The van der Waals surface area contributed by atoms with Crippen molar-refractivity contribution in [2.75, 3.05) is 26.4 Å². The van der Waals surface area contributed by atoms with Crippen LogP contribution in [0.4, 0.5) is 4.39 Å². The number of hydrogen-bond acceptors (Lipinski definition) is 5. The number of nitrogens with zero attached hydrogens (tertiary/aromatic N) is 4. The Bertz CT molecular complexity index is 903. The summed E-state index contributed by atoms with van der Waals surface area (Å²) < 4.78 is 27.4. The van der Waals surface area contributed by atoms with Gasteiger partial charge < -0.3 is 24.7 Å². The highest BCUT2D eigenvalue weighted by atomic mass is 127. The Balaban J connectivity index is 0.00000385. The fraction of sp³-hybridized carbons (Fsp3) is 0.609. The highest BCUT2D eigenvalue weighted by Gasteiger charge is 2.22. The highest BCUT2D eigenvalue weighted by molar-refractivity contribution is 14.0. The fourth-order valence-corrected chi connectivity index (χ4v) is 3.10. The molecule has 2 aromatic rings. The Morgan fingerprint density at radius 1 is 1.33 bits per heavy atom. The molecule has 0 amide bonds. The van der Waals surface area contributed by atoms with Crippen LogP contribution in [0, 0.1) is 18.7 Å².